The predicted octanol–water partition coefficient (Wildman–Crippen LogP) is 3.41. The molecule has 2 heterocycles. The summed E-state index contributed by atoms with van der Waals surface area (Å²) in [4.78, 5) is 6.45. The highest BCUT2D eigenvalue weighted by Crippen LogP contribution is 2.44. The summed E-state index contributed by atoms with van der Waals surface area (Å²) in [5.74, 6) is 2.31. The molecule has 3 N–H and O–H groups in total. The summed E-state index contributed by atoms with van der Waals surface area (Å²) in [6.45, 7) is 2.02. The largest absolute Gasteiger partial charge is 0.493 e. The molecule has 0 aromatic heterocycles. The molecular weight excluding hydrogens is 416 g/mol. The molecule has 2 aromatic rings. The lowest BCUT2D eigenvalue weighted by atomic mass is 10.0. The fourth-order valence-electron chi connectivity index (χ4n) is 3.84. The maximum Gasteiger partial charge on any atom is 0.205 e. The Bertz CT molecular complexity index is 975. The molecule has 9 heteroatoms. The van der Waals surface area contributed by atoms with Crippen molar-refractivity contribution < 1.29 is 18.9 Å². The Labute approximate surface area is 185 Å². The van der Waals surface area contributed by atoms with Crippen LogP contribution < -0.4 is 24.8 Å². The molecule has 1 fully saturated rings. The summed E-state index contributed by atoms with van der Waals surface area (Å²) in [5.41, 5.74) is 7.67. The predicted molar refractivity (Wildman–Crippen MR) is 123 cm³/mol. The molecule has 2 aliphatic rings. The molecule has 0 spiro atoms. The summed E-state index contributed by atoms with van der Waals surface area (Å²) < 4.78 is 22.5. The second-order valence-electron chi connectivity index (χ2n) is 7.20. The van der Waals surface area contributed by atoms with Crippen LogP contribution in [0.3, 0.4) is 0 Å². The number of methoxy groups -OCH3 is 3. The van der Waals surface area contributed by atoms with Gasteiger partial charge in [-0.05, 0) is 12.5 Å². The maximum absolute atomic E-state index is 8.84. The van der Waals surface area contributed by atoms with Crippen molar-refractivity contribution in [3.8, 4) is 17.2 Å². The van der Waals surface area contributed by atoms with Crippen molar-refractivity contribution in [3.63, 3.8) is 0 Å². The second-order valence-corrected chi connectivity index (χ2v) is 8.43. The molecule has 164 valence electrons. The van der Waals surface area contributed by atoms with Gasteiger partial charge in [0.2, 0.25) is 11.6 Å². The van der Waals surface area contributed by atoms with E-state index in [1.54, 1.807) is 38.4 Å². The molecule has 0 radical (unpaired) electrons. The number of ether oxygens (including phenoxy) is 4. The topological polar surface area (TPSA) is 102 Å². The number of anilines is 1. The molecule has 4 atom stereocenters. The minimum absolute atomic E-state index is 0.0442. The van der Waals surface area contributed by atoms with Gasteiger partial charge in [0.15, 0.2) is 11.5 Å². The molecule has 0 aliphatic carbocycles. The molecule has 1 saturated heterocycles. The Kier molecular flexibility index (Phi) is 5.97. The smallest absolute Gasteiger partial charge is 0.205 e. The minimum Gasteiger partial charge on any atom is -0.493 e. The Hall–Kier alpha value is -2.91. The number of hydrogen-bond acceptors (Lipinski definition) is 8. The molecule has 2 aromatic carbocycles. The van der Waals surface area contributed by atoms with Gasteiger partial charge >= 0.3 is 0 Å². The standard InChI is InChI=1S/C22H26N4O4S/c1-12-17(13-8-6-5-7-9-13)30-21(25-12)19-20(23)26(22(24)31-19)14-10-15(27-2)18(29-4)16(11-14)28-3/h5-12,17,19,22-23H,24H2,1-4H3. The summed E-state index contributed by atoms with van der Waals surface area (Å²) in [7, 11) is 4.66. The van der Waals surface area contributed by atoms with Crippen LogP contribution in [0.25, 0.3) is 0 Å². The fraction of sp³-hybridized carbons (Fsp3) is 0.364. The monoisotopic (exact) mass is 442 g/mol. The van der Waals surface area contributed by atoms with Crippen LogP contribution in [0.1, 0.15) is 18.6 Å². The van der Waals surface area contributed by atoms with E-state index < -0.39 is 10.7 Å². The van der Waals surface area contributed by atoms with E-state index >= 15 is 0 Å². The van der Waals surface area contributed by atoms with Gasteiger partial charge in [-0.15, -0.1) is 0 Å². The van der Waals surface area contributed by atoms with E-state index in [0.717, 1.165) is 5.56 Å². The van der Waals surface area contributed by atoms with Crippen molar-refractivity contribution in [2.24, 2.45) is 10.7 Å². The van der Waals surface area contributed by atoms with Crippen LogP contribution in [0.4, 0.5) is 5.69 Å². The lowest BCUT2D eigenvalue weighted by molar-refractivity contribution is 0.199. The zero-order valence-corrected chi connectivity index (χ0v) is 18.7. The van der Waals surface area contributed by atoms with E-state index in [1.165, 1.54) is 11.8 Å². The van der Waals surface area contributed by atoms with Crippen molar-refractivity contribution >= 4 is 29.2 Å². The molecule has 8 nitrogen and oxygen atoms in total. The third-order valence-corrected chi connectivity index (χ3v) is 6.52. The number of nitrogens with zero attached hydrogens (tertiary/aromatic N) is 2. The van der Waals surface area contributed by atoms with Gasteiger partial charge in [-0.3, -0.25) is 5.41 Å². The number of aliphatic imine (C=N–C) groups is 1. The first-order valence-corrected chi connectivity index (χ1v) is 10.8. The molecule has 0 bridgehead atoms. The van der Waals surface area contributed by atoms with Crippen LogP contribution in [0.15, 0.2) is 47.5 Å². The molecule has 2 aliphatic heterocycles. The van der Waals surface area contributed by atoms with Gasteiger partial charge in [0.1, 0.15) is 22.7 Å². The van der Waals surface area contributed by atoms with Gasteiger partial charge in [0, 0.05) is 12.1 Å². The molecule has 0 saturated carbocycles. The number of rotatable bonds is 6. The first-order valence-electron chi connectivity index (χ1n) is 9.86. The minimum atomic E-state index is -0.488. The zero-order valence-electron chi connectivity index (χ0n) is 17.9. The number of thioether (sulfide) groups is 1. The average molecular weight is 443 g/mol. The molecule has 4 unspecified atom stereocenters. The summed E-state index contributed by atoms with van der Waals surface area (Å²) in [6, 6.07) is 13.5. The molecular formula is C22H26N4O4S. The highest BCUT2D eigenvalue weighted by Gasteiger charge is 2.44. The summed E-state index contributed by atoms with van der Waals surface area (Å²) in [6.07, 6.45) is -0.170. The number of nitrogens with one attached hydrogen (secondary N) is 1. The maximum atomic E-state index is 8.84. The Morgan fingerprint density at radius 2 is 1.71 bits per heavy atom. The van der Waals surface area contributed by atoms with E-state index in [9.17, 15) is 0 Å². The van der Waals surface area contributed by atoms with Crippen LogP contribution in [-0.4, -0.2) is 49.9 Å². The second kappa shape index (κ2) is 8.68. The van der Waals surface area contributed by atoms with Crippen molar-refractivity contribution in [3.05, 3.63) is 48.0 Å². The molecule has 0 amide bonds. The Balaban J connectivity index is 1.60. The van der Waals surface area contributed by atoms with E-state index in [0.29, 0.717) is 34.7 Å². The van der Waals surface area contributed by atoms with Crippen molar-refractivity contribution in [2.75, 3.05) is 26.2 Å². The zero-order chi connectivity index (χ0) is 22.1. The molecule has 31 heavy (non-hydrogen) atoms. The van der Waals surface area contributed by atoms with Gasteiger partial charge in [0.25, 0.3) is 0 Å². The number of nitrogens with two attached hydrogens (primary N) is 1. The highest BCUT2D eigenvalue weighted by atomic mass is 32.2. The fourth-order valence-corrected chi connectivity index (χ4v) is 4.95. The lowest BCUT2D eigenvalue weighted by Gasteiger charge is -2.24. The first-order chi connectivity index (χ1) is 15.0. The SMILES string of the molecule is COc1cc(N2C(=N)C(C3=NC(C)C(c4ccccc4)O3)SC2N)cc(OC)c1OC. The van der Waals surface area contributed by atoms with Gasteiger partial charge in [0.05, 0.1) is 33.1 Å². The van der Waals surface area contributed by atoms with Gasteiger partial charge in [-0.1, -0.05) is 42.1 Å². The number of benzene rings is 2. The van der Waals surface area contributed by atoms with E-state index in [-0.39, 0.29) is 12.1 Å². The van der Waals surface area contributed by atoms with E-state index in [4.69, 9.17) is 35.1 Å². The summed E-state index contributed by atoms with van der Waals surface area (Å²) in [5, 5.41) is 8.44. The third-order valence-electron chi connectivity index (χ3n) is 5.33. The van der Waals surface area contributed by atoms with E-state index in [1.807, 2.05) is 37.3 Å². The van der Waals surface area contributed by atoms with Crippen molar-refractivity contribution in [1.29, 1.82) is 5.41 Å². The normalized spacial score (nSPS) is 25.3. The lowest BCUT2D eigenvalue weighted by Crippen LogP contribution is -2.40. The number of amidine groups is 1. The Morgan fingerprint density at radius 1 is 1.06 bits per heavy atom. The van der Waals surface area contributed by atoms with Crippen LogP contribution in [0.5, 0.6) is 17.2 Å². The van der Waals surface area contributed by atoms with Gasteiger partial charge < -0.3 is 29.6 Å². The number of hydrogen-bond donors (Lipinski definition) is 2. The van der Waals surface area contributed by atoms with Crippen molar-refractivity contribution in [1.82, 2.24) is 0 Å². The van der Waals surface area contributed by atoms with Crippen LogP contribution in [0, 0.1) is 5.41 Å². The summed E-state index contributed by atoms with van der Waals surface area (Å²) >= 11 is 1.42. The van der Waals surface area contributed by atoms with Crippen molar-refractivity contribution in [2.45, 2.75) is 29.8 Å². The van der Waals surface area contributed by atoms with Crippen LogP contribution >= 0.6 is 11.8 Å². The van der Waals surface area contributed by atoms with Gasteiger partial charge in [-0.25, -0.2) is 4.99 Å². The third kappa shape index (κ3) is 3.79. The quantitative estimate of drug-likeness (QED) is 0.707. The van der Waals surface area contributed by atoms with Crippen LogP contribution in [0.2, 0.25) is 0 Å². The van der Waals surface area contributed by atoms with Gasteiger partial charge in [-0.2, -0.15) is 0 Å². The van der Waals surface area contributed by atoms with Crippen LogP contribution in [-0.2, 0) is 4.74 Å². The van der Waals surface area contributed by atoms with E-state index in [2.05, 4.69) is 0 Å². The average Bonchev–Trinajstić information content (AvgIpc) is 3.31. The molecule has 4 rings (SSSR count). The Morgan fingerprint density at radius 3 is 2.29 bits per heavy atom. The highest BCUT2D eigenvalue weighted by molar-refractivity contribution is 8.02. The first kappa shape index (κ1) is 21.3.